The van der Waals surface area contributed by atoms with E-state index in [1.807, 2.05) is 6.92 Å². The molecule has 0 aliphatic rings. The molecule has 0 saturated carbocycles. The molecule has 0 spiro atoms. The number of unbranched alkanes of at least 4 members (excludes halogenated alkanes) is 2. The summed E-state index contributed by atoms with van der Waals surface area (Å²) in [6, 6.07) is 6.42. The Balaban J connectivity index is 2.09. The second-order valence-electron chi connectivity index (χ2n) is 9.85. The Morgan fingerprint density at radius 3 is 2.34 bits per heavy atom. The number of carbonyl (C=O) groups excluding carboxylic acids is 4. The van der Waals surface area contributed by atoms with Gasteiger partial charge < -0.3 is 26.2 Å². The number of pyridine rings is 1. The molecule has 0 aliphatic heterocycles. The van der Waals surface area contributed by atoms with Crippen molar-refractivity contribution < 1.29 is 44.2 Å². The van der Waals surface area contributed by atoms with E-state index in [9.17, 15) is 34.0 Å². The third-order valence-corrected chi connectivity index (χ3v) is 7.08. The summed E-state index contributed by atoms with van der Waals surface area (Å²) in [6.07, 6.45) is 2.78. The fourth-order valence-corrected chi connectivity index (χ4v) is 4.74. The number of halogens is 1. The minimum absolute atomic E-state index is 0.0149. The predicted octanol–water partition coefficient (Wildman–Crippen LogP) is 2.69. The van der Waals surface area contributed by atoms with Crippen molar-refractivity contribution in [3.05, 3.63) is 52.7 Å². The highest BCUT2D eigenvalue weighted by Gasteiger charge is 2.30. The number of hydrogen-bond acceptors (Lipinski definition) is 8. The van der Waals surface area contributed by atoms with Crippen LogP contribution in [0.4, 0.5) is 0 Å². The Kier molecular flexibility index (Phi) is 14.2. The summed E-state index contributed by atoms with van der Waals surface area (Å²) in [5, 5.41) is 35.7. The van der Waals surface area contributed by atoms with Crippen molar-refractivity contribution >= 4 is 47.7 Å². The molecule has 3 atom stereocenters. The van der Waals surface area contributed by atoms with Crippen LogP contribution in [0, 0.1) is 5.92 Å². The average molecular weight is 634 g/mol. The van der Waals surface area contributed by atoms with Gasteiger partial charge in [0.05, 0.1) is 41.3 Å². The van der Waals surface area contributed by atoms with Crippen LogP contribution in [0.15, 0.2) is 36.4 Å². The molecule has 0 aliphatic carbocycles. The number of aliphatic carboxylic acids is 2. The fourth-order valence-electron chi connectivity index (χ4n) is 4.47. The first-order valence-corrected chi connectivity index (χ1v) is 14.3. The zero-order valence-corrected chi connectivity index (χ0v) is 25.0. The van der Waals surface area contributed by atoms with E-state index in [4.69, 9.17) is 21.8 Å². The van der Waals surface area contributed by atoms with Crippen molar-refractivity contribution in [1.82, 2.24) is 26.0 Å². The highest BCUT2D eigenvalue weighted by atomic mass is 35.5. The summed E-state index contributed by atoms with van der Waals surface area (Å²) in [4.78, 5) is 75.9. The van der Waals surface area contributed by atoms with Gasteiger partial charge in [-0.05, 0) is 37.1 Å². The summed E-state index contributed by atoms with van der Waals surface area (Å²) in [5.41, 5.74) is 0.677. The smallest absolute Gasteiger partial charge is 0.326 e. The molecule has 1 heterocycles. The maximum atomic E-state index is 12.9. The van der Waals surface area contributed by atoms with Gasteiger partial charge in [0.25, 0.3) is 11.8 Å². The summed E-state index contributed by atoms with van der Waals surface area (Å²) < 4.78 is 0. The first kappa shape index (κ1) is 35.6. The highest BCUT2D eigenvalue weighted by molar-refractivity contribution is 6.34. The summed E-state index contributed by atoms with van der Waals surface area (Å²) in [7, 11) is 0. The average Bonchev–Trinajstić information content (AvgIpc) is 2.99. The molecule has 15 heteroatoms. The van der Waals surface area contributed by atoms with Crippen molar-refractivity contribution in [2.24, 2.45) is 5.92 Å². The van der Waals surface area contributed by atoms with E-state index < -0.39 is 54.1 Å². The molecule has 14 nitrogen and oxygen atoms in total. The predicted molar refractivity (Wildman–Crippen MR) is 158 cm³/mol. The molecular weight excluding hydrogens is 598 g/mol. The van der Waals surface area contributed by atoms with Gasteiger partial charge in [-0.2, -0.15) is 0 Å². The monoisotopic (exact) mass is 633 g/mol. The van der Waals surface area contributed by atoms with E-state index in [2.05, 4.69) is 20.9 Å². The van der Waals surface area contributed by atoms with Gasteiger partial charge in [0.2, 0.25) is 12.3 Å². The SMILES string of the molecule is CCCCC[C@@H](C(=O)NCNC(=O)c1cccc(-c2ccc(C(=O)N[C@@H](CC(=O)O)C(=O)O)c(Cl)c2)n1)[C@@H](CC)N(O)C=O. The Morgan fingerprint density at radius 1 is 1.02 bits per heavy atom. The van der Waals surface area contributed by atoms with Crippen LogP contribution in [0.3, 0.4) is 0 Å². The lowest BCUT2D eigenvalue weighted by atomic mass is 9.90. The first-order chi connectivity index (χ1) is 20.9. The number of carboxylic acids is 2. The molecule has 2 aromatic rings. The van der Waals surface area contributed by atoms with Crippen molar-refractivity contribution in [3.63, 3.8) is 0 Å². The van der Waals surface area contributed by atoms with Gasteiger partial charge in [-0.15, -0.1) is 0 Å². The summed E-state index contributed by atoms with van der Waals surface area (Å²) in [5.74, 6) is -5.50. The van der Waals surface area contributed by atoms with Crippen molar-refractivity contribution in [2.75, 3.05) is 6.67 Å². The molecule has 0 unspecified atom stereocenters. The van der Waals surface area contributed by atoms with E-state index in [0.29, 0.717) is 29.2 Å². The van der Waals surface area contributed by atoms with Gasteiger partial charge in [0.1, 0.15) is 11.7 Å². The lowest BCUT2D eigenvalue weighted by Crippen LogP contribution is -2.47. The molecule has 238 valence electrons. The molecule has 6 N–H and O–H groups in total. The zero-order valence-electron chi connectivity index (χ0n) is 24.3. The van der Waals surface area contributed by atoms with Crippen LogP contribution < -0.4 is 16.0 Å². The summed E-state index contributed by atoms with van der Waals surface area (Å²) in [6.45, 7) is 3.54. The van der Waals surface area contributed by atoms with Crippen molar-refractivity contribution in [1.29, 1.82) is 0 Å². The molecular formula is C29H36ClN5O9. The van der Waals surface area contributed by atoms with Gasteiger partial charge in [-0.3, -0.25) is 29.2 Å². The van der Waals surface area contributed by atoms with E-state index in [1.165, 1.54) is 24.3 Å². The number of nitrogens with zero attached hydrogens (tertiary/aromatic N) is 2. The standard InChI is InChI=1S/C29H36ClN5O9/c1-3-5-6-8-19(24(4-2)35(44)16-36)26(39)31-15-32-28(41)22-10-7-9-21(33-22)17-11-12-18(20(30)13-17)27(40)34-23(29(42)43)14-25(37)38/h7,9-13,16,19,23-24,44H,3-6,8,14-15H2,1-2H3,(H,31,39)(H,32,41)(H,34,40)(H,37,38)(H,42,43)/t19-,23+,24-/m1/s1. The van der Waals surface area contributed by atoms with E-state index >= 15 is 0 Å². The second kappa shape index (κ2) is 17.5. The van der Waals surface area contributed by atoms with Crippen LogP contribution in [-0.2, 0) is 19.2 Å². The molecule has 1 aromatic carbocycles. The maximum absolute atomic E-state index is 12.9. The van der Waals surface area contributed by atoms with Gasteiger partial charge in [0.15, 0.2) is 0 Å². The normalized spacial score (nSPS) is 12.7. The number of benzene rings is 1. The number of amides is 4. The number of carboxylic acid groups (broad SMARTS) is 2. The van der Waals surface area contributed by atoms with Gasteiger partial charge in [0, 0.05) is 5.56 Å². The van der Waals surface area contributed by atoms with Crippen LogP contribution >= 0.6 is 11.6 Å². The minimum Gasteiger partial charge on any atom is -0.481 e. The van der Waals surface area contributed by atoms with Gasteiger partial charge in [-0.1, -0.05) is 56.8 Å². The molecule has 0 radical (unpaired) electrons. The largest absolute Gasteiger partial charge is 0.481 e. The number of aromatic nitrogens is 1. The lowest BCUT2D eigenvalue weighted by molar-refractivity contribution is -0.168. The second-order valence-corrected chi connectivity index (χ2v) is 10.3. The van der Waals surface area contributed by atoms with Crippen LogP contribution in [0.25, 0.3) is 11.3 Å². The first-order valence-electron chi connectivity index (χ1n) is 13.9. The maximum Gasteiger partial charge on any atom is 0.326 e. The molecule has 44 heavy (non-hydrogen) atoms. The number of nitrogens with one attached hydrogen (secondary N) is 3. The third kappa shape index (κ3) is 10.3. The van der Waals surface area contributed by atoms with Crippen LogP contribution in [0.2, 0.25) is 5.02 Å². The molecule has 0 saturated heterocycles. The van der Waals surface area contributed by atoms with E-state index in [-0.39, 0.29) is 29.4 Å². The molecule has 0 bridgehead atoms. The number of hydroxylamine groups is 2. The third-order valence-electron chi connectivity index (χ3n) is 6.77. The van der Waals surface area contributed by atoms with Crippen molar-refractivity contribution in [3.8, 4) is 11.3 Å². The van der Waals surface area contributed by atoms with Gasteiger partial charge >= 0.3 is 11.9 Å². The fraction of sp³-hybridized carbons (Fsp3) is 0.414. The quantitative estimate of drug-likeness (QED) is 0.0464. The minimum atomic E-state index is -1.65. The topological polar surface area (TPSA) is 215 Å². The molecule has 4 amide bonds. The van der Waals surface area contributed by atoms with Crippen LogP contribution in [-0.4, -0.2) is 80.3 Å². The molecule has 2 rings (SSSR count). The Labute approximate surface area is 258 Å². The highest BCUT2D eigenvalue weighted by Crippen LogP contribution is 2.25. The zero-order chi connectivity index (χ0) is 32.8. The van der Waals surface area contributed by atoms with E-state index in [0.717, 1.165) is 19.3 Å². The molecule has 0 fully saturated rings. The Hall–Kier alpha value is -4.56. The van der Waals surface area contributed by atoms with Gasteiger partial charge in [-0.25, -0.2) is 14.8 Å². The Morgan fingerprint density at radius 2 is 1.75 bits per heavy atom. The van der Waals surface area contributed by atoms with E-state index in [1.54, 1.807) is 19.1 Å². The van der Waals surface area contributed by atoms with Crippen LogP contribution in [0.5, 0.6) is 0 Å². The number of carbonyl (C=O) groups is 6. The Bertz CT molecular complexity index is 1360. The van der Waals surface area contributed by atoms with Crippen molar-refractivity contribution in [2.45, 2.75) is 64.5 Å². The number of rotatable bonds is 18. The lowest BCUT2D eigenvalue weighted by Gasteiger charge is -2.29. The summed E-state index contributed by atoms with van der Waals surface area (Å²) >= 11 is 6.26. The number of hydrogen-bond donors (Lipinski definition) is 6. The molecule has 1 aromatic heterocycles. The van der Waals surface area contributed by atoms with Crippen LogP contribution in [0.1, 0.15) is 73.2 Å².